The molecule has 0 aliphatic heterocycles. The Morgan fingerprint density at radius 3 is 2.64 bits per heavy atom. The summed E-state index contributed by atoms with van der Waals surface area (Å²) < 4.78 is 0. The van der Waals surface area contributed by atoms with Crippen molar-refractivity contribution in [2.75, 3.05) is 5.33 Å². The second-order valence-corrected chi connectivity index (χ2v) is 4.96. The van der Waals surface area contributed by atoms with Gasteiger partial charge >= 0.3 is 0 Å². The van der Waals surface area contributed by atoms with Crippen molar-refractivity contribution < 1.29 is 0 Å². The van der Waals surface area contributed by atoms with Crippen LogP contribution in [-0.2, 0) is 0 Å². The van der Waals surface area contributed by atoms with Gasteiger partial charge in [0.2, 0.25) is 0 Å². The molecule has 1 aliphatic carbocycles. The largest absolute Gasteiger partial charge is 0.0987 e. The zero-order valence-electron chi connectivity index (χ0n) is 7.49. The van der Waals surface area contributed by atoms with Gasteiger partial charge in [-0.3, -0.25) is 0 Å². The van der Waals surface area contributed by atoms with E-state index in [1.54, 1.807) is 0 Å². The monoisotopic (exact) mass is 216 g/mol. The van der Waals surface area contributed by atoms with Crippen molar-refractivity contribution in [3.63, 3.8) is 0 Å². The van der Waals surface area contributed by atoms with E-state index in [2.05, 4.69) is 36.4 Å². The molecule has 1 fully saturated rings. The number of halogens is 1. The normalized spacial score (nSPS) is 28.8. The Morgan fingerprint density at radius 1 is 1.64 bits per heavy atom. The summed E-state index contributed by atoms with van der Waals surface area (Å²) in [5, 5.41) is 0.980. The molecule has 64 valence electrons. The Kier molecular flexibility index (Phi) is 2.79. The molecule has 0 amide bonds. The molecular formula is C10H17Br. The molecule has 0 heterocycles. The molecule has 0 N–H and O–H groups in total. The molecule has 0 spiro atoms. The van der Waals surface area contributed by atoms with Gasteiger partial charge in [0.05, 0.1) is 0 Å². The molecule has 0 aromatic heterocycles. The third kappa shape index (κ3) is 2.33. The van der Waals surface area contributed by atoms with E-state index < -0.39 is 0 Å². The van der Waals surface area contributed by atoms with Crippen LogP contribution in [0.15, 0.2) is 12.2 Å². The van der Waals surface area contributed by atoms with Gasteiger partial charge in [0.15, 0.2) is 0 Å². The lowest BCUT2D eigenvalue weighted by atomic mass is 9.89. The SMILES string of the molecule is C=C(CBr)C1CCC(C)(C)C1. The number of hydrogen-bond donors (Lipinski definition) is 0. The minimum Gasteiger partial charge on any atom is -0.0987 e. The van der Waals surface area contributed by atoms with Crippen LogP contribution in [-0.4, -0.2) is 5.33 Å². The van der Waals surface area contributed by atoms with E-state index in [9.17, 15) is 0 Å². The average Bonchev–Trinajstić information content (AvgIpc) is 2.29. The lowest BCUT2D eigenvalue weighted by Crippen LogP contribution is -2.06. The zero-order valence-corrected chi connectivity index (χ0v) is 9.08. The lowest BCUT2D eigenvalue weighted by molar-refractivity contribution is 0.370. The Balaban J connectivity index is 2.48. The van der Waals surface area contributed by atoms with Crippen LogP contribution in [0.1, 0.15) is 33.1 Å². The van der Waals surface area contributed by atoms with Crippen LogP contribution in [0.2, 0.25) is 0 Å². The first-order valence-corrected chi connectivity index (χ1v) is 5.41. The Labute approximate surface area is 78.2 Å². The standard InChI is InChI=1S/C10H17Br/c1-8(7-11)9-4-5-10(2,3)6-9/h9H,1,4-7H2,2-3H3. The topological polar surface area (TPSA) is 0 Å². The minimum atomic E-state index is 0.565. The van der Waals surface area contributed by atoms with Gasteiger partial charge in [-0.1, -0.05) is 41.9 Å². The maximum absolute atomic E-state index is 4.07. The van der Waals surface area contributed by atoms with E-state index in [1.165, 1.54) is 24.8 Å². The minimum absolute atomic E-state index is 0.565. The van der Waals surface area contributed by atoms with Crippen molar-refractivity contribution in [1.82, 2.24) is 0 Å². The van der Waals surface area contributed by atoms with Crippen molar-refractivity contribution in [2.45, 2.75) is 33.1 Å². The summed E-state index contributed by atoms with van der Waals surface area (Å²) in [6.07, 6.45) is 4.04. The fourth-order valence-electron chi connectivity index (χ4n) is 1.89. The summed E-state index contributed by atoms with van der Waals surface area (Å²) >= 11 is 3.46. The molecular weight excluding hydrogens is 200 g/mol. The Bertz CT molecular complexity index is 158. The van der Waals surface area contributed by atoms with Gasteiger partial charge in [-0.05, 0) is 30.6 Å². The third-order valence-electron chi connectivity index (χ3n) is 2.72. The lowest BCUT2D eigenvalue weighted by Gasteiger charge is -2.17. The fraction of sp³-hybridized carbons (Fsp3) is 0.800. The molecule has 0 aromatic carbocycles. The second-order valence-electron chi connectivity index (χ2n) is 4.40. The van der Waals surface area contributed by atoms with E-state index in [0.717, 1.165) is 11.2 Å². The highest BCUT2D eigenvalue weighted by Gasteiger charge is 2.31. The molecule has 0 radical (unpaired) electrons. The highest BCUT2D eigenvalue weighted by molar-refractivity contribution is 9.09. The van der Waals surface area contributed by atoms with Crippen LogP contribution < -0.4 is 0 Å². The first-order valence-electron chi connectivity index (χ1n) is 4.29. The summed E-state index contributed by atoms with van der Waals surface area (Å²) in [4.78, 5) is 0. The Morgan fingerprint density at radius 2 is 2.27 bits per heavy atom. The quantitative estimate of drug-likeness (QED) is 0.488. The highest BCUT2D eigenvalue weighted by Crippen LogP contribution is 2.43. The maximum atomic E-state index is 4.07. The predicted molar refractivity (Wildman–Crippen MR) is 54.1 cm³/mol. The smallest absolute Gasteiger partial charge is 0.0241 e. The second kappa shape index (κ2) is 3.30. The maximum Gasteiger partial charge on any atom is 0.0241 e. The summed E-state index contributed by atoms with van der Waals surface area (Å²) in [6.45, 7) is 8.79. The fourth-order valence-corrected chi connectivity index (χ4v) is 2.35. The van der Waals surface area contributed by atoms with Crippen LogP contribution in [0.4, 0.5) is 0 Å². The number of hydrogen-bond acceptors (Lipinski definition) is 0. The van der Waals surface area contributed by atoms with Gasteiger partial charge in [0.25, 0.3) is 0 Å². The molecule has 0 nitrogen and oxygen atoms in total. The molecule has 1 aliphatic rings. The van der Waals surface area contributed by atoms with Crippen molar-refractivity contribution in [2.24, 2.45) is 11.3 Å². The van der Waals surface area contributed by atoms with E-state index in [1.807, 2.05) is 0 Å². The molecule has 1 atom stereocenters. The molecule has 0 saturated heterocycles. The van der Waals surface area contributed by atoms with Gasteiger partial charge in [-0.25, -0.2) is 0 Å². The molecule has 11 heavy (non-hydrogen) atoms. The van der Waals surface area contributed by atoms with E-state index in [-0.39, 0.29) is 0 Å². The van der Waals surface area contributed by atoms with Gasteiger partial charge in [-0.15, -0.1) is 0 Å². The highest BCUT2D eigenvalue weighted by atomic mass is 79.9. The van der Waals surface area contributed by atoms with Crippen LogP contribution >= 0.6 is 15.9 Å². The van der Waals surface area contributed by atoms with Crippen LogP contribution in [0.3, 0.4) is 0 Å². The molecule has 1 heteroatoms. The molecule has 1 unspecified atom stereocenters. The average molecular weight is 217 g/mol. The van der Waals surface area contributed by atoms with Crippen LogP contribution in [0.25, 0.3) is 0 Å². The van der Waals surface area contributed by atoms with Gasteiger partial charge in [0, 0.05) is 5.33 Å². The van der Waals surface area contributed by atoms with Crippen molar-refractivity contribution in [3.8, 4) is 0 Å². The van der Waals surface area contributed by atoms with Crippen LogP contribution in [0, 0.1) is 11.3 Å². The van der Waals surface area contributed by atoms with Crippen molar-refractivity contribution >= 4 is 15.9 Å². The van der Waals surface area contributed by atoms with Crippen molar-refractivity contribution in [3.05, 3.63) is 12.2 Å². The summed E-state index contributed by atoms with van der Waals surface area (Å²) in [6, 6.07) is 0. The van der Waals surface area contributed by atoms with Gasteiger partial charge in [0.1, 0.15) is 0 Å². The number of rotatable bonds is 2. The number of allylic oxidation sites excluding steroid dienone is 1. The van der Waals surface area contributed by atoms with E-state index >= 15 is 0 Å². The summed E-state index contributed by atoms with van der Waals surface area (Å²) in [7, 11) is 0. The van der Waals surface area contributed by atoms with Gasteiger partial charge < -0.3 is 0 Å². The number of alkyl halides is 1. The summed E-state index contributed by atoms with van der Waals surface area (Å²) in [5.41, 5.74) is 1.95. The molecule has 1 saturated carbocycles. The Hall–Kier alpha value is 0.220. The molecule has 1 rings (SSSR count). The first kappa shape index (κ1) is 9.31. The summed E-state index contributed by atoms with van der Waals surface area (Å²) in [5.74, 6) is 0.782. The molecule has 0 aromatic rings. The van der Waals surface area contributed by atoms with Crippen molar-refractivity contribution in [1.29, 1.82) is 0 Å². The third-order valence-corrected chi connectivity index (χ3v) is 3.44. The molecule has 0 bridgehead atoms. The first-order chi connectivity index (χ1) is 5.05. The van der Waals surface area contributed by atoms with Crippen LogP contribution in [0.5, 0.6) is 0 Å². The van der Waals surface area contributed by atoms with E-state index in [0.29, 0.717) is 5.41 Å². The van der Waals surface area contributed by atoms with E-state index in [4.69, 9.17) is 0 Å². The zero-order chi connectivity index (χ0) is 8.48. The predicted octanol–water partition coefficient (Wildman–Crippen LogP) is 3.76. The van der Waals surface area contributed by atoms with Gasteiger partial charge in [-0.2, -0.15) is 0 Å².